The summed E-state index contributed by atoms with van der Waals surface area (Å²) in [5.41, 5.74) is 8.54. The van der Waals surface area contributed by atoms with E-state index in [0.717, 1.165) is 39.6 Å². The maximum Gasteiger partial charge on any atom is 0.251 e. The zero-order valence-electron chi connectivity index (χ0n) is 20.4. The summed E-state index contributed by atoms with van der Waals surface area (Å²) in [4.78, 5) is 21.8. The monoisotopic (exact) mass is 492 g/mol. The van der Waals surface area contributed by atoms with Crippen molar-refractivity contribution in [3.8, 4) is 0 Å². The van der Waals surface area contributed by atoms with Gasteiger partial charge in [-0.3, -0.25) is 9.78 Å². The van der Waals surface area contributed by atoms with E-state index in [9.17, 15) is 4.79 Å². The SMILES string of the molecule is Cc1cccc(CNC(=O)c2ccc(CSc3nc4ccncc4n3Cc3cccc(C)c3)cc2)c1. The Morgan fingerprint density at radius 1 is 0.889 bits per heavy atom. The second-order valence-corrected chi connectivity index (χ2v) is 9.93. The van der Waals surface area contributed by atoms with Crippen molar-refractivity contribution in [3.05, 3.63) is 125 Å². The molecule has 0 fully saturated rings. The number of hydrogen-bond donors (Lipinski definition) is 1. The van der Waals surface area contributed by atoms with Crippen LogP contribution in [0.4, 0.5) is 0 Å². The molecule has 0 bridgehead atoms. The maximum atomic E-state index is 12.6. The topological polar surface area (TPSA) is 59.8 Å². The van der Waals surface area contributed by atoms with Gasteiger partial charge in [-0.25, -0.2) is 4.98 Å². The molecule has 0 aliphatic carbocycles. The van der Waals surface area contributed by atoms with Gasteiger partial charge in [0.05, 0.1) is 23.8 Å². The molecule has 180 valence electrons. The molecule has 36 heavy (non-hydrogen) atoms. The molecular formula is C30H28N4OS. The number of carbonyl (C=O) groups is 1. The predicted octanol–water partition coefficient (Wildman–Crippen LogP) is 6.32. The molecule has 5 nitrogen and oxygen atoms in total. The molecule has 0 spiro atoms. The Bertz CT molecular complexity index is 1510. The van der Waals surface area contributed by atoms with Gasteiger partial charge in [0.15, 0.2) is 5.16 Å². The quantitative estimate of drug-likeness (QED) is 0.258. The first-order valence-electron chi connectivity index (χ1n) is 12.0. The molecule has 0 aliphatic rings. The lowest BCUT2D eigenvalue weighted by atomic mass is 10.1. The van der Waals surface area contributed by atoms with Gasteiger partial charge in [0.2, 0.25) is 0 Å². The zero-order chi connectivity index (χ0) is 24.9. The number of carbonyl (C=O) groups excluding carboxylic acids is 1. The van der Waals surface area contributed by atoms with Crippen molar-refractivity contribution in [1.82, 2.24) is 19.9 Å². The average molecular weight is 493 g/mol. The van der Waals surface area contributed by atoms with E-state index in [1.807, 2.05) is 48.7 Å². The number of rotatable bonds is 8. The molecule has 0 saturated carbocycles. The molecule has 0 aliphatic heterocycles. The fourth-order valence-electron chi connectivity index (χ4n) is 4.21. The van der Waals surface area contributed by atoms with Gasteiger partial charge in [-0.1, -0.05) is 83.6 Å². The Balaban J connectivity index is 1.26. The Hall–Kier alpha value is -3.90. The highest BCUT2D eigenvalue weighted by atomic mass is 32.2. The molecule has 2 heterocycles. The fourth-order valence-corrected chi connectivity index (χ4v) is 5.18. The third kappa shape index (κ3) is 5.66. The van der Waals surface area contributed by atoms with Gasteiger partial charge in [0.1, 0.15) is 0 Å². The summed E-state index contributed by atoms with van der Waals surface area (Å²) in [5, 5.41) is 3.96. The van der Waals surface area contributed by atoms with Crippen LogP contribution >= 0.6 is 11.8 Å². The summed E-state index contributed by atoms with van der Waals surface area (Å²) in [6.45, 7) is 5.42. The normalized spacial score (nSPS) is 11.1. The first-order valence-corrected chi connectivity index (χ1v) is 12.9. The van der Waals surface area contributed by atoms with Crippen LogP contribution in [0.2, 0.25) is 0 Å². The first-order chi connectivity index (χ1) is 17.5. The first kappa shape index (κ1) is 23.8. The lowest BCUT2D eigenvalue weighted by molar-refractivity contribution is 0.0951. The van der Waals surface area contributed by atoms with E-state index in [4.69, 9.17) is 4.98 Å². The number of aromatic nitrogens is 3. The van der Waals surface area contributed by atoms with E-state index in [-0.39, 0.29) is 5.91 Å². The molecule has 0 atom stereocenters. The van der Waals surface area contributed by atoms with Crippen molar-refractivity contribution in [3.63, 3.8) is 0 Å². The number of amides is 1. The van der Waals surface area contributed by atoms with Crippen LogP contribution in [0.3, 0.4) is 0 Å². The largest absolute Gasteiger partial charge is 0.348 e. The molecule has 2 aromatic heterocycles. The zero-order valence-corrected chi connectivity index (χ0v) is 21.3. The van der Waals surface area contributed by atoms with Crippen LogP contribution < -0.4 is 5.32 Å². The highest BCUT2D eigenvalue weighted by Crippen LogP contribution is 2.27. The summed E-state index contributed by atoms with van der Waals surface area (Å²) in [7, 11) is 0. The molecular weight excluding hydrogens is 464 g/mol. The smallest absolute Gasteiger partial charge is 0.251 e. The minimum absolute atomic E-state index is 0.0665. The summed E-state index contributed by atoms with van der Waals surface area (Å²) in [5.74, 6) is 0.693. The van der Waals surface area contributed by atoms with Crippen molar-refractivity contribution in [2.24, 2.45) is 0 Å². The van der Waals surface area contributed by atoms with Gasteiger partial charge in [-0.05, 0) is 48.7 Å². The highest BCUT2D eigenvalue weighted by Gasteiger charge is 2.13. The maximum absolute atomic E-state index is 12.6. The van der Waals surface area contributed by atoms with E-state index in [0.29, 0.717) is 12.1 Å². The van der Waals surface area contributed by atoms with Crippen LogP contribution in [-0.4, -0.2) is 20.4 Å². The van der Waals surface area contributed by atoms with Gasteiger partial charge < -0.3 is 9.88 Å². The summed E-state index contributed by atoms with van der Waals surface area (Å²) < 4.78 is 2.23. The van der Waals surface area contributed by atoms with E-state index >= 15 is 0 Å². The van der Waals surface area contributed by atoms with Crippen molar-refractivity contribution in [2.75, 3.05) is 0 Å². The molecule has 0 radical (unpaired) electrons. The second-order valence-electron chi connectivity index (χ2n) is 8.99. The number of thioether (sulfide) groups is 1. The standard InChI is InChI=1S/C30H28N4OS/c1-21-5-3-7-24(15-21)17-32-29(35)26-11-9-23(10-12-26)20-36-30-33-27-13-14-31-18-28(27)34(30)19-25-8-4-6-22(2)16-25/h3-16,18H,17,19-20H2,1-2H3,(H,32,35). The minimum atomic E-state index is -0.0665. The van der Waals surface area contributed by atoms with Gasteiger partial charge in [-0.15, -0.1) is 0 Å². The van der Waals surface area contributed by atoms with Crippen molar-refractivity contribution in [2.45, 2.75) is 37.8 Å². The van der Waals surface area contributed by atoms with Crippen LogP contribution in [0.15, 0.2) is 96.4 Å². The Morgan fingerprint density at radius 3 is 2.36 bits per heavy atom. The van der Waals surface area contributed by atoms with E-state index in [1.165, 1.54) is 16.7 Å². The number of aryl methyl sites for hydroxylation is 2. The number of hydrogen-bond acceptors (Lipinski definition) is 4. The van der Waals surface area contributed by atoms with Gasteiger partial charge in [0.25, 0.3) is 5.91 Å². The van der Waals surface area contributed by atoms with E-state index in [2.05, 4.69) is 65.1 Å². The Labute approximate surface area is 215 Å². The highest BCUT2D eigenvalue weighted by molar-refractivity contribution is 7.98. The lowest BCUT2D eigenvalue weighted by Gasteiger charge is -2.10. The molecule has 6 heteroatoms. The van der Waals surface area contributed by atoms with E-state index in [1.54, 1.807) is 18.0 Å². The van der Waals surface area contributed by atoms with Gasteiger partial charge in [-0.2, -0.15) is 0 Å². The number of benzene rings is 3. The number of pyridine rings is 1. The summed E-state index contributed by atoms with van der Waals surface area (Å²) in [6, 6.07) is 26.5. The van der Waals surface area contributed by atoms with Crippen LogP contribution in [0.5, 0.6) is 0 Å². The number of fused-ring (bicyclic) bond motifs is 1. The average Bonchev–Trinajstić information content (AvgIpc) is 3.23. The van der Waals surface area contributed by atoms with E-state index < -0.39 is 0 Å². The summed E-state index contributed by atoms with van der Waals surface area (Å²) in [6.07, 6.45) is 3.66. The third-order valence-electron chi connectivity index (χ3n) is 6.06. The minimum Gasteiger partial charge on any atom is -0.348 e. The molecule has 0 saturated heterocycles. The van der Waals surface area contributed by atoms with Gasteiger partial charge in [0, 0.05) is 24.1 Å². The predicted molar refractivity (Wildman–Crippen MR) is 146 cm³/mol. The molecule has 5 aromatic rings. The van der Waals surface area contributed by atoms with Crippen LogP contribution in [0.1, 0.15) is 38.2 Å². The Morgan fingerprint density at radius 2 is 1.61 bits per heavy atom. The number of imidazole rings is 1. The van der Waals surface area contributed by atoms with Crippen molar-refractivity contribution < 1.29 is 4.79 Å². The summed E-state index contributed by atoms with van der Waals surface area (Å²) >= 11 is 1.70. The van der Waals surface area contributed by atoms with Crippen molar-refractivity contribution in [1.29, 1.82) is 0 Å². The third-order valence-corrected chi connectivity index (χ3v) is 7.11. The molecule has 5 rings (SSSR count). The molecule has 1 amide bonds. The van der Waals surface area contributed by atoms with Crippen LogP contribution in [0.25, 0.3) is 11.0 Å². The van der Waals surface area contributed by atoms with Crippen LogP contribution in [0, 0.1) is 13.8 Å². The number of nitrogens with one attached hydrogen (secondary N) is 1. The van der Waals surface area contributed by atoms with Gasteiger partial charge >= 0.3 is 0 Å². The fraction of sp³-hybridized carbons (Fsp3) is 0.167. The van der Waals surface area contributed by atoms with Crippen molar-refractivity contribution >= 4 is 28.7 Å². The molecule has 1 N–H and O–H groups in total. The molecule has 0 unspecified atom stereocenters. The number of nitrogens with zero attached hydrogens (tertiary/aromatic N) is 3. The van der Waals surface area contributed by atoms with Crippen LogP contribution in [-0.2, 0) is 18.8 Å². The lowest BCUT2D eigenvalue weighted by Crippen LogP contribution is -2.22. The second kappa shape index (κ2) is 10.8. The Kier molecular flexibility index (Phi) is 7.14. The molecule has 3 aromatic carbocycles.